The van der Waals surface area contributed by atoms with E-state index in [1.165, 1.54) is 72.4 Å². The topological polar surface area (TPSA) is 3.24 Å². The molecular weight excluding hydrogens is 591 g/mol. The molecule has 0 bridgehead atoms. The van der Waals surface area contributed by atoms with Crippen molar-refractivity contribution in [1.82, 2.24) is 0 Å². The Morgan fingerprint density at radius 2 is 0.857 bits per heavy atom. The Hall–Kier alpha value is -5.66. The van der Waals surface area contributed by atoms with E-state index in [4.69, 9.17) is 0 Å². The van der Waals surface area contributed by atoms with Crippen LogP contribution in [0.15, 0.2) is 164 Å². The lowest BCUT2D eigenvalue weighted by Crippen LogP contribution is -2.17. The van der Waals surface area contributed by atoms with E-state index in [9.17, 15) is 0 Å². The Labute approximate surface area is 290 Å². The first-order chi connectivity index (χ1) is 23.8. The fraction of sp³-hybridized carbons (Fsp3) is 0.125. The molecule has 1 nitrogen and oxygen atoms in total. The Balaban J connectivity index is 1.26. The van der Waals surface area contributed by atoms with Crippen LogP contribution in [-0.2, 0) is 10.8 Å². The fourth-order valence-corrected chi connectivity index (χ4v) is 8.57. The van der Waals surface area contributed by atoms with Crippen molar-refractivity contribution in [3.05, 3.63) is 186 Å². The monoisotopic (exact) mass is 629 g/mol. The van der Waals surface area contributed by atoms with Gasteiger partial charge in [-0.2, -0.15) is 0 Å². The first-order valence-electron chi connectivity index (χ1n) is 17.4. The molecule has 2 aliphatic rings. The van der Waals surface area contributed by atoms with E-state index in [-0.39, 0.29) is 10.8 Å². The zero-order valence-electron chi connectivity index (χ0n) is 28.5. The Kier molecular flexibility index (Phi) is 6.58. The molecule has 0 N–H and O–H groups in total. The number of hydrogen-bond donors (Lipinski definition) is 0. The summed E-state index contributed by atoms with van der Waals surface area (Å²) in [5.41, 5.74) is 19.1. The highest BCUT2D eigenvalue weighted by Crippen LogP contribution is 2.55. The van der Waals surface area contributed by atoms with Crippen LogP contribution in [-0.4, -0.2) is 0 Å². The highest BCUT2D eigenvalue weighted by molar-refractivity contribution is 5.98. The van der Waals surface area contributed by atoms with Gasteiger partial charge in [0.25, 0.3) is 0 Å². The van der Waals surface area contributed by atoms with Crippen molar-refractivity contribution in [2.45, 2.75) is 38.5 Å². The van der Waals surface area contributed by atoms with Crippen LogP contribution in [0.4, 0.5) is 17.1 Å². The summed E-state index contributed by atoms with van der Waals surface area (Å²) in [4.78, 5) is 2.47. The second kappa shape index (κ2) is 10.9. The van der Waals surface area contributed by atoms with E-state index in [1.54, 1.807) is 0 Å². The molecule has 1 heteroatoms. The molecule has 236 valence electrons. The Morgan fingerprint density at radius 1 is 0.347 bits per heavy atom. The van der Waals surface area contributed by atoms with Crippen molar-refractivity contribution in [1.29, 1.82) is 0 Å². The lowest BCUT2D eigenvalue weighted by atomic mass is 9.82. The van der Waals surface area contributed by atoms with Crippen LogP contribution < -0.4 is 4.90 Å². The van der Waals surface area contributed by atoms with Crippen LogP contribution in [0.5, 0.6) is 0 Å². The quantitative estimate of drug-likeness (QED) is 0.183. The van der Waals surface area contributed by atoms with Crippen molar-refractivity contribution in [3.8, 4) is 44.5 Å². The predicted molar refractivity (Wildman–Crippen MR) is 207 cm³/mol. The third kappa shape index (κ3) is 4.46. The maximum absolute atomic E-state index is 2.47. The summed E-state index contributed by atoms with van der Waals surface area (Å²) < 4.78 is 0. The van der Waals surface area contributed by atoms with Crippen molar-refractivity contribution < 1.29 is 0 Å². The largest absolute Gasteiger partial charge is 0.310 e. The molecule has 0 radical (unpaired) electrons. The van der Waals surface area contributed by atoms with E-state index in [0.717, 1.165) is 11.4 Å². The molecule has 0 spiro atoms. The van der Waals surface area contributed by atoms with Gasteiger partial charge in [-0.25, -0.2) is 0 Å². The molecule has 0 aromatic heterocycles. The van der Waals surface area contributed by atoms with Crippen LogP contribution in [0.1, 0.15) is 49.9 Å². The number of para-hydroxylation sites is 1. The summed E-state index contributed by atoms with van der Waals surface area (Å²) in [5.74, 6) is 0. The van der Waals surface area contributed by atoms with Crippen molar-refractivity contribution in [2.75, 3.05) is 4.90 Å². The van der Waals surface area contributed by atoms with Gasteiger partial charge in [0.1, 0.15) is 0 Å². The molecule has 0 fully saturated rings. The minimum absolute atomic E-state index is 0.0651. The molecule has 2 aliphatic carbocycles. The molecule has 0 saturated heterocycles. The SMILES string of the molecule is CC1(C)c2ccccc2-c2ccc(N(c3ccc(-c4ccccc4)cc3)c3ccccc3-c3cccc4c3-c3ccccc3C4(C)C)cc21. The van der Waals surface area contributed by atoms with Crippen molar-refractivity contribution in [2.24, 2.45) is 0 Å². The summed E-state index contributed by atoms with van der Waals surface area (Å²) in [6.45, 7) is 9.44. The van der Waals surface area contributed by atoms with E-state index >= 15 is 0 Å². The smallest absolute Gasteiger partial charge is 0.0540 e. The minimum Gasteiger partial charge on any atom is -0.310 e. The highest BCUT2D eigenvalue weighted by atomic mass is 15.1. The van der Waals surface area contributed by atoms with E-state index in [2.05, 4.69) is 196 Å². The second-order valence-electron chi connectivity index (χ2n) is 14.6. The number of fused-ring (bicyclic) bond motifs is 6. The molecule has 0 unspecified atom stereocenters. The van der Waals surface area contributed by atoms with Gasteiger partial charge < -0.3 is 4.90 Å². The van der Waals surface area contributed by atoms with Crippen LogP contribution in [0.3, 0.4) is 0 Å². The normalized spacial score (nSPS) is 14.4. The highest BCUT2D eigenvalue weighted by Gasteiger charge is 2.38. The maximum Gasteiger partial charge on any atom is 0.0540 e. The minimum atomic E-state index is -0.0974. The fourth-order valence-electron chi connectivity index (χ4n) is 8.57. The van der Waals surface area contributed by atoms with Gasteiger partial charge in [0.2, 0.25) is 0 Å². The van der Waals surface area contributed by atoms with E-state index < -0.39 is 0 Å². The van der Waals surface area contributed by atoms with Gasteiger partial charge in [-0.3, -0.25) is 0 Å². The van der Waals surface area contributed by atoms with Crippen LogP contribution in [0.25, 0.3) is 44.5 Å². The maximum atomic E-state index is 2.47. The summed E-state index contributed by atoms with van der Waals surface area (Å²) in [6.07, 6.45) is 0. The molecule has 7 aromatic rings. The third-order valence-electron chi connectivity index (χ3n) is 11.1. The van der Waals surface area contributed by atoms with Crippen molar-refractivity contribution >= 4 is 17.1 Å². The Bertz CT molecular complexity index is 2380. The molecular formula is C48H39N. The molecule has 0 heterocycles. The van der Waals surface area contributed by atoms with Gasteiger partial charge in [0.15, 0.2) is 0 Å². The van der Waals surface area contributed by atoms with Gasteiger partial charge in [0.05, 0.1) is 5.69 Å². The van der Waals surface area contributed by atoms with Gasteiger partial charge in [0, 0.05) is 27.8 Å². The first kappa shape index (κ1) is 29.5. The Morgan fingerprint density at radius 3 is 1.61 bits per heavy atom. The third-order valence-corrected chi connectivity index (χ3v) is 11.1. The van der Waals surface area contributed by atoms with Crippen LogP contribution >= 0.6 is 0 Å². The lowest BCUT2D eigenvalue weighted by Gasteiger charge is -2.30. The van der Waals surface area contributed by atoms with E-state index in [0.29, 0.717) is 0 Å². The summed E-state index contributed by atoms with van der Waals surface area (Å²) in [5, 5.41) is 0. The zero-order valence-corrected chi connectivity index (χ0v) is 28.5. The standard InChI is InChI=1S/C48H39N/c1-47(2)42-22-12-9-19-40(42)46-39(20-14-23-43(46)47)38-18-10-13-24-45(38)49(34-27-25-33(26-28-34)32-15-6-5-7-16-32)35-29-30-37-36-17-8-11-21-41(36)48(3,4)44(37)31-35/h5-31H,1-4H3. The predicted octanol–water partition coefficient (Wildman–Crippen LogP) is 13.1. The second-order valence-corrected chi connectivity index (χ2v) is 14.6. The molecule has 0 amide bonds. The molecule has 7 aromatic carbocycles. The van der Waals surface area contributed by atoms with Crippen molar-refractivity contribution in [3.63, 3.8) is 0 Å². The van der Waals surface area contributed by atoms with Gasteiger partial charge in [-0.1, -0.05) is 161 Å². The van der Waals surface area contributed by atoms with E-state index in [1.807, 2.05) is 0 Å². The van der Waals surface area contributed by atoms with Crippen LogP contribution in [0, 0.1) is 0 Å². The first-order valence-corrected chi connectivity index (χ1v) is 17.4. The summed E-state index contributed by atoms with van der Waals surface area (Å²) in [7, 11) is 0. The number of hydrogen-bond acceptors (Lipinski definition) is 1. The van der Waals surface area contributed by atoms with Gasteiger partial charge in [-0.15, -0.1) is 0 Å². The van der Waals surface area contributed by atoms with Crippen LogP contribution in [0.2, 0.25) is 0 Å². The van der Waals surface area contributed by atoms with Gasteiger partial charge in [-0.05, 0) is 91.5 Å². The average molecular weight is 630 g/mol. The number of rotatable bonds is 5. The number of nitrogens with zero attached hydrogens (tertiary/aromatic N) is 1. The lowest BCUT2D eigenvalue weighted by molar-refractivity contribution is 0.660. The molecule has 0 atom stereocenters. The molecule has 49 heavy (non-hydrogen) atoms. The number of benzene rings is 7. The zero-order chi connectivity index (χ0) is 33.3. The summed E-state index contributed by atoms with van der Waals surface area (Å²) in [6, 6.07) is 60.5. The average Bonchev–Trinajstić information content (AvgIpc) is 3.52. The molecule has 0 aliphatic heterocycles. The summed E-state index contributed by atoms with van der Waals surface area (Å²) >= 11 is 0. The van der Waals surface area contributed by atoms with Gasteiger partial charge >= 0.3 is 0 Å². The molecule has 9 rings (SSSR count). The number of anilines is 3. The molecule has 0 saturated carbocycles.